The third kappa shape index (κ3) is 4.91. The number of nitrogens with zero attached hydrogens (tertiary/aromatic N) is 3. The van der Waals surface area contributed by atoms with Crippen LogP contribution in [0.25, 0.3) is 0 Å². The lowest BCUT2D eigenvalue weighted by Gasteiger charge is -2.29. The maximum absolute atomic E-state index is 12.4. The fraction of sp³-hybridized carbons (Fsp3) is 0.217. The van der Waals surface area contributed by atoms with Gasteiger partial charge in [-0.2, -0.15) is 0 Å². The molecule has 1 fully saturated rings. The first-order chi connectivity index (χ1) is 14.7. The van der Waals surface area contributed by atoms with Crippen LogP contribution in [0.5, 0.6) is 0 Å². The van der Waals surface area contributed by atoms with Gasteiger partial charge >= 0.3 is 0 Å². The molecule has 4 rings (SSSR count). The lowest BCUT2D eigenvalue weighted by molar-refractivity contribution is -0.126. The van der Waals surface area contributed by atoms with Crippen molar-refractivity contribution < 1.29 is 9.59 Å². The zero-order valence-electron chi connectivity index (χ0n) is 16.2. The van der Waals surface area contributed by atoms with Gasteiger partial charge in [-0.3, -0.25) is 14.6 Å². The Labute approximate surface area is 179 Å². The average molecular weight is 417 g/mol. The first-order valence-electron chi connectivity index (χ1n) is 9.72. The maximum Gasteiger partial charge on any atom is 0.298 e. The summed E-state index contributed by atoms with van der Waals surface area (Å²) in [6.45, 7) is 1.29. The lowest BCUT2D eigenvalue weighted by atomic mass is 9.97. The summed E-state index contributed by atoms with van der Waals surface area (Å²) in [6.07, 6.45) is 4.88. The molecular formula is C23H20N4O2S. The Morgan fingerprint density at radius 1 is 1.10 bits per heavy atom. The molecule has 1 aromatic carbocycles. The summed E-state index contributed by atoms with van der Waals surface area (Å²) in [5.41, 5.74) is 1.88. The summed E-state index contributed by atoms with van der Waals surface area (Å²) in [4.78, 5) is 35.0. The van der Waals surface area contributed by atoms with Crippen LogP contribution < -0.4 is 5.32 Å². The number of rotatable bonds is 3. The van der Waals surface area contributed by atoms with Crippen molar-refractivity contribution in [3.05, 3.63) is 76.5 Å². The highest BCUT2D eigenvalue weighted by Crippen LogP contribution is 2.30. The number of aromatic nitrogens is 2. The molecule has 1 aliphatic rings. The van der Waals surface area contributed by atoms with Crippen LogP contribution in [0, 0.1) is 11.8 Å². The molecule has 2 aromatic heterocycles. The smallest absolute Gasteiger partial charge is 0.298 e. The van der Waals surface area contributed by atoms with Crippen LogP contribution in [0.15, 0.2) is 60.2 Å². The van der Waals surface area contributed by atoms with Gasteiger partial charge in [0.2, 0.25) is 0 Å². The SMILES string of the molecule is O=C(Nc1cccnc1)c1csc(C2CCN(C(=O)C#Cc3ccccc3)CC2)n1. The fourth-order valence-electron chi connectivity index (χ4n) is 3.27. The van der Waals surface area contributed by atoms with Crippen molar-refractivity contribution >= 4 is 28.8 Å². The van der Waals surface area contributed by atoms with Crippen LogP contribution in [-0.4, -0.2) is 39.8 Å². The largest absolute Gasteiger partial charge is 0.332 e. The number of hydrogen-bond acceptors (Lipinski definition) is 5. The van der Waals surface area contributed by atoms with Crippen molar-refractivity contribution in [3.63, 3.8) is 0 Å². The summed E-state index contributed by atoms with van der Waals surface area (Å²) >= 11 is 1.49. The zero-order chi connectivity index (χ0) is 20.8. The summed E-state index contributed by atoms with van der Waals surface area (Å²) in [5.74, 6) is 5.52. The minimum atomic E-state index is -0.241. The maximum atomic E-state index is 12.4. The Bertz CT molecular complexity index is 1080. The normalized spacial score (nSPS) is 13.9. The minimum absolute atomic E-state index is 0.145. The molecule has 6 nitrogen and oxygen atoms in total. The van der Waals surface area contributed by atoms with Crippen LogP contribution >= 0.6 is 11.3 Å². The molecule has 0 radical (unpaired) electrons. The van der Waals surface area contributed by atoms with Gasteiger partial charge in [-0.25, -0.2) is 4.98 Å². The van der Waals surface area contributed by atoms with Gasteiger partial charge in [0.15, 0.2) is 0 Å². The van der Waals surface area contributed by atoms with Crippen LogP contribution in [-0.2, 0) is 4.79 Å². The Morgan fingerprint density at radius 2 is 1.90 bits per heavy atom. The summed E-state index contributed by atoms with van der Waals surface area (Å²) < 4.78 is 0. The number of benzene rings is 1. The van der Waals surface area contributed by atoms with E-state index in [1.54, 1.807) is 34.8 Å². The molecule has 0 spiro atoms. The van der Waals surface area contributed by atoms with E-state index in [-0.39, 0.29) is 17.7 Å². The molecule has 30 heavy (non-hydrogen) atoms. The van der Waals surface area contributed by atoms with Gasteiger partial charge in [-0.1, -0.05) is 24.1 Å². The van der Waals surface area contributed by atoms with E-state index in [1.807, 2.05) is 30.3 Å². The van der Waals surface area contributed by atoms with E-state index in [0.29, 0.717) is 24.5 Å². The zero-order valence-corrected chi connectivity index (χ0v) is 17.1. The number of anilines is 1. The van der Waals surface area contributed by atoms with Gasteiger partial charge in [0.1, 0.15) is 5.69 Å². The van der Waals surface area contributed by atoms with Gasteiger partial charge in [-0.15, -0.1) is 11.3 Å². The Balaban J connectivity index is 1.32. The molecule has 0 atom stereocenters. The highest BCUT2D eigenvalue weighted by atomic mass is 32.1. The molecule has 0 unspecified atom stereocenters. The van der Waals surface area contributed by atoms with E-state index in [0.717, 1.165) is 23.4 Å². The number of nitrogens with one attached hydrogen (secondary N) is 1. The predicted octanol–water partition coefficient (Wildman–Crippen LogP) is 3.55. The van der Waals surface area contributed by atoms with Gasteiger partial charge in [0, 0.05) is 42.1 Å². The second-order valence-corrected chi connectivity index (χ2v) is 7.84. The molecule has 0 saturated carbocycles. The van der Waals surface area contributed by atoms with Crippen molar-refractivity contribution in [2.75, 3.05) is 18.4 Å². The van der Waals surface area contributed by atoms with Crippen LogP contribution in [0.2, 0.25) is 0 Å². The molecule has 1 aliphatic heterocycles. The first-order valence-corrected chi connectivity index (χ1v) is 10.6. The van der Waals surface area contributed by atoms with Crippen molar-refractivity contribution in [1.82, 2.24) is 14.9 Å². The highest BCUT2D eigenvalue weighted by Gasteiger charge is 2.25. The Kier molecular flexibility index (Phi) is 6.16. The van der Waals surface area contributed by atoms with Crippen molar-refractivity contribution in [1.29, 1.82) is 0 Å². The number of hydrogen-bond donors (Lipinski definition) is 1. The minimum Gasteiger partial charge on any atom is -0.332 e. The molecule has 2 amide bonds. The van der Waals surface area contributed by atoms with E-state index in [2.05, 4.69) is 27.1 Å². The quantitative estimate of drug-likeness (QED) is 0.663. The molecule has 1 N–H and O–H groups in total. The third-order valence-electron chi connectivity index (χ3n) is 4.89. The summed E-state index contributed by atoms with van der Waals surface area (Å²) in [6, 6.07) is 13.0. The number of piperidine rings is 1. The number of carbonyl (C=O) groups is 2. The molecule has 150 valence electrons. The average Bonchev–Trinajstić information content (AvgIpc) is 3.29. The molecule has 7 heteroatoms. The number of pyridine rings is 1. The molecule has 1 saturated heterocycles. The molecular weight excluding hydrogens is 396 g/mol. The monoisotopic (exact) mass is 416 g/mol. The molecule has 0 aliphatic carbocycles. The van der Waals surface area contributed by atoms with Crippen LogP contribution in [0.3, 0.4) is 0 Å². The number of carbonyl (C=O) groups excluding carboxylic acids is 2. The Hall–Kier alpha value is -3.50. The lowest BCUT2D eigenvalue weighted by Crippen LogP contribution is -2.37. The van der Waals surface area contributed by atoms with Crippen molar-refractivity contribution in [3.8, 4) is 11.8 Å². The van der Waals surface area contributed by atoms with Gasteiger partial charge in [-0.05, 0) is 37.1 Å². The van der Waals surface area contributed by atoms with E-state index >= 15 is 0 Å². The van der Waals surface area contributed by atoms with E-state index < -0.39 is 0 Å². The van der Waals surface area contributed by atoms with E-state index in [1.165, 1.54) is 11.3 Å². The fourth-order valence-corrected chi connectivity index (χ4v) is 4.24. The molecule has 0 bridgehead atoms. The standard InChI is InChI=1S/C23H20N4O2S/c28-21(9-8-17-5-2-1-3-6-17)27-13-10-18(11-14-27)23-26-20(16-30-23)22(29)25-19-7-4-12-24-15-19/h1-7,12,15-16,18H,10-11,13-14H2,(H,25,29). The summed E-state index contributed by atoms with van der Waals surface area (Å²) in [5, 5.41) is 5.52. The second kappa shape index (κ2) is 9.33. The second-order valence-electron chi connectivity index (χ2n) is 6.95. The van der Waals surface area contributed by atoms with Crippen LogP contribution in [0.4, 0.5) is 5.69 Å². The number of likely N-dealkylation sites (tertiary alicyclic amines) is 1. The van der Waals surface area contributed by atoms with Gasteiger partial charge in [0.25, 0.3) is 11.8 Å². The predicted molar refractivity (Wildman–Crippen MR) is 116 cm³/mol. The highest BCUT2D eigenvalue weighted by molar-refractivity contribution is 7.10. The number of thiazole rings is 1. The molecule has 3 aromatic rings. The topological polar surface area (TPSA) is 75.2 Å². The van der Waals surface area contributed by atoms with Crippen molar-refractivity contribution in [2.45, 2.75) is 18.8 Å². The van der Waals surface area contributed by atoms with Gasteiger partial charge in [0.05, 0.1) is 16.9 Å². The van der Waals surface area contributed by atoms with Gasteiger partial charge < -0.3 is 10.2 Å². The van der Waals surface area contributed by atoms with E-state index in [4.69, 9.17) is 0 Å². The Morgan fingerprint density at radius 3 is 2.63 bits per heavy atom. The summed E-state index contributed by atoms with van der Waals surface area (Å²) in [7, 11) is 0. The molecule has 3 heterocycles. The van der Waals surface area contributed by atoms with Crippen molar-refractivity contribution in [2.24, 2.45) is 0 Å². The van der Waals surface area contributed by atoms with Crippen LogP contribution in [0.1, 0.15) is 39.8 Å². The number of amides is 2. The third-order valence-corrected chi connectivity index (χ3v) is 5.90. The van der Waals surface area contributed by atoms with E-state index in [9.17, 15) is 9.59 Å². The first kappa shape index (κ1) is 19.8.